The van der Waals surface area contributed by atoms with Crippen molar-refractivity contribution in [1.82, 2.24) is 9.88 Å². The Balaban J connectivity index is 1.51. The highest BCUT2D eigenvalue weighted by molar-refractivity contribution is 6.00. The second kappa shape index (κ2) is 7.66. The Morgan fingerprint density at radius 1 is 1.38 bits per heavy atom. The molecule has 1 aliphatic carbocycles. The third-order valence-electron chi connectivity index (χ3n) is 7.40. The van der Waals surface area contributed by atoms with Crippen LogP contribution < -0.4 is 4.90 Å². The summed E-state index contributed by atoms with van der Waals surface area (Å²) < 4.78 is 5.57. The van der Waals surface area contributed by atoms with E-state index in [1.165, 1.54) is 33.7 Å². The van der Waals surface area contributed by atoms with Gasteiger partial charge in [0.2, 0.25) is 5.88 Å². The number of rotatable bonds is 4. The number of piperidine rings is 1. The first-order chi connectivity index (χ1) is 15.3. The van der Waals surface area contributed by atoms with Gasteiger partial charge in [0.05, 0.1) is 6.26 Å². The number of carbonyl (C=O) groups excluding carboxylic acids is 1. The van der Waals surface area contributed by atoms with Crippen molar-refractivity contribution in [3.63, 3.8) is 0 Å². The number of furan rings is 1. The fourth-order valence-electron chi connectivity index (χ4n) is 5.77. The molecule has 0 radical (unpaired) electrons. The second-order valence-corrected chi connectivity index (χ2v) is 10.6. The quantitative estimate of drug-likeness (QED) is 0.575. The molecule has 5 heteroatoms. The van der Waals surface area contributed by atoms with E-state index in [1.807, 2.05) is 12.1 Å². The molecule has 5 nitrogen and oxygen atoms in total. The monoisotopic (exact) mass is 431 g/mol. The molecule has 2 aliphatic rings. The molecule has 0 saturated carbocycles. The lowest BCUT2D eigenvalue weighted by Crippen LogP contribution is -2.50. The topological polar surface area (TPSA) is 52.5 Å². The summed E-state index contributed by atoms with van der Waals surface area (Å²) in [5.41, 5.74) is 5.62. The van der Waals surface area contributed by atoms with Gasteiger partial charge < -0.3 is 14.3 Å². The molecule has 1 unspecified atom stereocenters. The van der Waals surface area contributed by atoms with E-state index in [-0.39, 0.29) is 11.3 Å². The lowest BCUT2D eigenvalue weighted by Gasteiger charge is -2.46. The SMILES string of the molecule is C=CC(=O)N(C[C@@H]1CC2c3cc(C(C)(C)C)cc4[nH]cc(c34)C[C@H]2N(C)C1)c1ccco1. The van der Waals surface area contributed by atoms with E-state index in [2.05, 4.69) is 62.6 Å². The maximum Gasteiger partial charge on any atom is 0.252 e. The van der Waals surface area contributed by atoms with Gasteiger partial charge in [-0.2, -0.15) is 0 Å². The third-order valence-corrected chi connectivity index (χ3v) is 7.40. The number of aromatic amines is 1. The summed E-state index contributed by atoms with van der Waals surface area (Å²) in [6, 6.07) is 8.94. The van der Waals surface area contributed by atoms with E-state index >= 15 is 0 Å². The Bertz CT molecular complexity index is 1150. The van der Waals surface area contributed by atoms with Crippen LogP contribution in [-0.2, 0) is 16.6 Å². The summed E-state index contributed by atoms with van der Waals surface area (Å²) >= 11 is 0. The molecule has 3 aromatic rings. The molecule has 2 aromatic heterocycles. The van der Waals surface area contributed by atoms with Gasteiger partial charge >= 0.3 is 0 Å². The predicted molar refractivity (Wildman–Crippen MR) is 129 cm³/mol. The van der Waals surface area contributed by atoms with E-state index in [1.54, 1.807) is 11.2 Å². The van der Waals surface area contributed by atoms with Crippen molar-refractivity contribution in [1.29, 1.82) is 0 Å². The van der Waals surface area contributed by atoms with Crippen molar-refractivity contribution >= 4 is 22.7 Å². The molecule has 3 heterocycles. The number of aromatic nitrogens is 1. The lowest BCUT2D eigenvalue weighted by molar-refractivity contribution is -0.114. The number of H-pyrrole nitrogens is 1. The number of likely N-dealkylation sites (tertiary alicyclic amines) is 1. The van der Waals surface area contributed by atoms with Crippen molar-refractivity contribution in [2.45, 2.75) is 51.0 Å². The largest absolute Gasteiger partial charge is 0.448 e. The predicted octanol–water partition coefficient (Wildman–Crippen LogP) is 5.24. The Morgan fingerprint density at radius 3 is 2.88 bits per heavy atom. The number of nitrogens with one attached hydrogen (secondary N) is 1. The average molecular weight is 432 g/mol. The van der Waals surface area contributed by atoms with E-state index in [0.29, 0.717) is 30.3 Å². The highest BCUT2D eigenvalue weighted by atomic mass is 16.3. The number of hydrogen-bond donors (Lipinski definition) is 1. The molecule has 32 heavy (non-hydrogen) atoms. The number of carbonyl (C=O) groups is 1. The standard InChI is InChI=1S/C27H33N3O2/c1-6-24(31)30(25-8-7-9-32-25)16-17-10-20-21-12-19(27(2,3)4)13-22-26(21)18(14-28-22)11-23(20)29(5)15-17/h6-9,12-14,17,20,23,28H,1,10-11,15-16H2,2-5H3/t17-,20?,23-/m1/s1. The Hall–Kier alpha value is -2.79. The molecule has 1 amide bonds. The van der Waals surface area contributed by atoms with Gasteiger partial charge in [0.15, 0.2) is 0 Å². The highest BCUT2D eigenvalue weighted by Gasteiger charge is 2.41. The van der Waals surface area contributed by atoms with Crippen molar-refractivity contribution in [2.24, 2.45) is 5.92 Å². The second-order valence-electron chi connectivity index (χ2n) is 10.6. The van der Waals surface area contributed by atoms with Gasteiger partial charge in [-0.3, -0.25) is 9.69 Å². The average Bonchev–Trinajstić information content (AvgIpc) is 3.42. The zero-order valence-corrected chi connectivity index (χ0v) is 19.5. The van der Waals surface area contributed by atoms with Crippen LogP contribution in [0.4, 0.5) is 5.88 Å². The van der Waals surface area contributed by atoms with Gasteiger partial charge in [-0.05, 0) is 66.1 Å². The van der Waals surface area contributed by atoms with Crippen molar-refractivity contribution in [2.75, 3.05) is 25.0 Å². The van der Waals surface area contributed by atoms with E-state index in [9.17, 15) is 4.79 Å². The Morgan fingerprint density at radius 2 is 2.19 bits per heavy atom. The maximum atomic E-state index is 12.6. The number of hydrogen-bond acceptors (Lipinski definition) is 3. The van der Waals surface area contributed by atoms with E-state index in [4.69, 9.17) is 4.42 Å². The molecule has 1 aliphatic heterocycles. The summed E-state index contributed by atoms with van der Waals surface area (Å²) in [5, 5.41) is 1.42. The summed E-state index contributed by atoms with van der Waals surface area (Å²) in [6.07, 6.45) is 7.33. The minimum Gasteiger partial charge on any atom is -0.448 e. The third kappa shape index (κ3) is 3.49. The normalized spacial score (nSPS) is 23.2. The van der Waals surface area contributed by atoms with Crippen LogP contribution in [0.25, 0.3) is 10.9 Å². The Labute approximate surface area is 190 Å². The van der Waals surface area contributed by atoms with Crippen LogP contribution in [0, 0.1) is 5.92 Å². The summed E-state index contributed by atoms with van der Waals surface area (Å²) in [5.74, 6) is 1.28. The van der Waals surface area contributed by atoms with Crippen LogP contribution in [0.5, 0.6) is 0 Å². The molecule has 0 spiro atoms. The summed E-state index contributed by atoms with van der Waals surface area (Å²) in [6.45, 7) is 12.1. The van der Waals surface area contributed by atoms with Gasteiger partial charge in [-0.1, -0.05) is 33.4 Å². The molecular formula is C27H33N3O2. The molecule has 1 aromatic carbocycles. The van der Waals surface area contributed by atoms with Crippen LogP contribution in [0.2, 0.25) is 0 Å². The molecule has 1 fully saturated rings. The highest BCUT2D eigenvalue weighted by Crippen LogP contribution is 2.46. The van der Waals surface area contributed by atoms with Crippen LogP contribution in [0.3, 0.4) is 0 Å². The van der Waals surface area contributed by atoms with Gasteiger partial charge in [-0.15, -0.1) is 0 Å². The number of benzene rings is 1. The van der Waals surface area contributed by atoms with E-state index < -0.39 is 0 Å². The van der Waals surface area contributed by atoms with Crippen molar-refractivity contribution in [3.8, 4) is 0 Å². The molecular weight excluding hydrogens is 398 g/mol. The number of anilines is 1. The van der Waals surface area contributed by atoms with Gasteiger partial charge in [-0.25, -0.2) is 0 Å². The van der Waals surface area contributed by atoms with Crippen molar-refractivity contribution < 1.29 is 9.21 Å². The van der Waals surface area contributed by atoms with Gasteiger partial charge in [0.25, 0.3) is 5.91 Å². The Kier molecular flexibility index (Phi) is 5.05. The number of fused-ring (bicyclic) bond motifs is 2. The maximum absolute atomic E-state index is 12.6. The fourth-order valence-corrected chi connectivity index (χ4v) is 5.77. The van der Waals surface area contributed by atoms with Crippen molar-refractivity contribution in [3.05, 3.63) is 66.1 Å². The van der Waals surface area contributed by atoms with Crippen LogP contribution >= 0.6 is 0 Å². The fraction of sp³-hybridized carbons (Fsp3) is 0.444. The first-order valence-electron chi connectivity index (χ1n) is 11.6. The zero-order chi connectivity index (χ0) is 22.6. The molecule has 1 saturated heterocycles. The lowest BCUT2D eigenvalue weighted by atomic mass is 9.71. The number of likely N-dealkylation sites (N-methyl/N-ethyl adjacent to an activating group) is 1. The minimum absolute atomic E-state index is 0.0926. The summed E-state index contributed by atoms with van der Waals surface area (Å²) in [4.78, 5) is 20.4. The zero-order valence-electron chi connectivity index (χ0n) is 19.5. The van der Waals surface area contributed by atoms with Gasteiger partial charge in [0, 0.05) is 48.2 Å². The summed E-state index contributed by atoms with van der Waals surface area (Å²) in [7, 11) is 2.23. The first-order valence-corrected chi connectivity index (χ1v) is 11.6. The molecule has 168 valence electrons. The molecule has 3 atom stereocenters. The van der Waals surface area contributed by atoms with Crippen LogP contribution in [-0.4, -0.2) is 42.0 Å². The van der Waals surface area contributed by atoms with Crippen LogP contribution in [0.1, 0.15) is 49.8 Å². The minimum atomic E-state index is -0.113. The molecule has 0 bridgehead atoms. The molecule has 5 rings (SSSR count). The smallest absolute Gasteiger partial charge is 0.252 e. The number of nitrogens with zero attached hydrogens (tertiary/aromatic N) is 2. The first kappa shape index (κ1) is 21.1. The molecule has 1 N–H and O–H groups in total. The van der Waals surface area contributed by atoms with Gasteiger partial charge in [0.1, 0.15) is 0 Å². The number of amides is 1. The van der Waals surface area contributed by atoms with Crippen LogP contribution in [0.15, 0.2) is 53.8 Å². The van der Waals surface area contributed by atoms with E-state index in [0.717, 1.165) is 19.4 Å².